The summed E-state index contributed by atoms with van der Waals surface area (Å²) in [5, 5.41) is 14.2. The second-order valence-electron chi connectivity index (χ2n) is 9.59. The molecule has 0 bridgehead atoms. The van der Waals surface area contributed by atoms with Crippen molar-refractivity contribution in [3.63, 3.8) is 0 Å². The van der Waals surface area contributed by atoms with E-state index in [0.29, 0.717) is 23.4 Å². The van der Waals surface area contributed by atoms with Gasteiger partial charge in [0.2, 0.25) is 11.8 Å². The van der Waals surface area contributed by atoms with Gasteiger partial charge in [0.1, 0.15) is 29.7 Å². The summed E-state index contributed by atoms with van der Waals surface area (Å²) in [6.07, 6.45) is -2.77. The highest BCUT2D eigenvalue weighted by Crippen LogP contribution is 2.59. The van der Waals surface area contributed by atoms with E-state index in [1.807, 2.05) is 6.07 Å². The number of halogens is 4. The molecule has 37 heavy (non-hydrogen) atoms. The van der Waals surface area contributed by atoms with Crippen LogP contribution in [0.2, 0.25) is 5.02 Å². The van der Waals surface area contributed by atoms with Crippen molar-refractivity contribution in [2.45, 2.75) is 60.0 Å². The number of likely N-dealkylation sites (tertiary alicyclic amines) is 1. The van der Waals surface area contributed by atoms with E-state index in [-0.39, 0.29) is 9.92 Å². The Kier molecular flexibility index (Phi) is 5.80. The van der Waals surface area contributed by atoms with Gasteiger partial charge in [0, 0.05) is 6.54 Å². The lowest BCUT2D eigenvalue weighted by Crippen LogP contribution is -2.53. The normalized spacial score (nSPS) is 23.8. The summed E-state index contributed by atoms with van der Waals surface area (Å²) < 4.78 is 69.6. The number of benzene rings is 1. The van der Waals surface area contributed by atoms with Crippen LogP contribution in [-0.4, -0.2) is 69.4 Å². The van der Waals surface area contributed by atoms with Crippen molar-refractivity contribution in [2.24, 2.45) is 5.41 Å². The fourth-order valence-corrected chi connectivity index (χ4v) is 6.84. The van der Waals surface area contributed by atoms with Crippen molar-refractivity contribution < 1.29 is 31.2 Å². The number of carbonyl (C=O) groups is 2. The van der Waals surface area contributed by atoms with Crippen LogP contribution in [0.3, 0.4) is 0 Å². The van der Waals surface area contributed by atoms with Crippen LogP contribution in [0.15, 0.2) is 35.7 Å². The van der Waals surface area contributed by atoms with Crippen LogP contribution in [0.25, 0.3) is 5.69 Å². The molecule has 1 N–H and O–H groups in total. The van der Waals surface area contributed by atoms with E-state index >= 15 is 0 Å². The molecule has 1 aromatic heterocycles. The van der Waals surface area contributed by atoms with Crippen LogP contribution in [0, 0.1) is 16.7 Å². The summed E-state index contributed by atoms with van der Waals surface area (Å²) >= 11 is 6.28. The van der Waals surface area contributed by atoms with Crippen molar-refractivity contribution in [3.8, 4) is 11.8 Å². The molecule has 15 heteroatoms. The zero-order valence-corrected chi connectivity index (χ0v) is 20.6. The molecule has 1 aromatic carbocycles. The maximum absolute atomic E-state index is 13.7. The summed E-state index contributed by atoms with van der Waals surface area (Å²) in [6, 6.07) is 4.48. The molecular formula is C22H20ClF3N6O4S. The molecule has 196 valence electrons. The number of nitrogens with one attached hydrogen (secondary N) is 1. The van der Waals surface area contributed by atoms with Crippen LogP contribution in [0.1, 0.15) is 32.1 Å². The molecule has 10 nitrogen and oxygen atoms in total. The smallest absolute Gasteiger partial charge is 0.336 e. The van der Waals surface area contributed by atoms with E-state index in [1.165, 1.54) is 35.5 Å². The minimum Gasteiger partial charge on any atom is -0.336 e. The molecule has 1 saturated heterocycles. The highest BCUT2D eigenvalue weighted by molar-refractivity contribution is 7.92. The van der Waals surface area contributed by atoms with Gasteiger partial charge >= 0.3 is 6.18 Å². The predicted molar refractivity (Wildman–Crippen MR) is 121 cm³/mol. The standard InChI is InChI=1S/C22H20ClF3N6O4S/c23-15-7-13(32-12-28-11-29-32)1-2-17(15)37(35,36)14-8-16(18(33)30-20(10-27)3-4-20)31(9-14)19(34)21(5-6-21)22(24,25)26/h1-2,7,11-12,14,16H,3-6,8-9H2,(H,30,33)/t14?,16-/m0/s1. The summed E-state index contributed by atoms with van der Waals surface area (Å²) in [4.78, 5) is 30.4. The molecule has 2 aromatic rings. The zero-order chi connectivity index (χ0) is 26.8. The number of sulfone groups is 1. The molecule has 3 fully saturated rings. The third-order valence-electron chi connectivity index (χ3n) is 7.20. The fourth-order valence-electron chi connectivity index (χ4n) is 4.61. The van der Waals surface area contributed by atoms with E-state index < -0.39 is 75.9 Å². The van der Waals surface area contributed by atoms with Crippen molar-refractivity contribution in [2.75, 3.05) is 6.54 Å². The van der Waals surface area contributed by atoms with E-state index in [0.717, 1.165) is 0 Å². The highest BCUT2D eigenvalue weighted by Gasteiger charge is 2.70. The average molecular weight is 557 g/mol. The molecule has 2 atom stereocenters. The third-order valence-corrected chi connectivity index (χ3v) is 9.81. The Labute approximate surface area is 214 Å². The van der Waals surface area contributed by atoms with E-state index in [1.54, 1.807) is 0 Å². The summed E-state index contributed by atoms with van der Waals surface area (Å²) in [7, 11) is -4.28. The molecule has 1 aliphatic heterocycles. The number of rotatable bonds is 6. The van der Waals surface area contributed by atoms with Crippen LogP contribution in [0.4, 0.5) is 13.2 Å². The quantitative estimate of drug-likeness (QED) is 0.575. The van der Waals surface area contributed by atoms with E-state index in [4.69, 9.17) is 11.6 Å². The number of nitrogens with zero attached hydrogens (tertiary/aromatic N) is 5. The second kappa shape index (κ2) is 8.42. The molecule has 0 radical (unpaired) electrons. The number of hydrogen-bond donors (Lipinski definition) is 1. The third kappa shape index (κ3) is 4.23. The molecule has 2 aliphatic carbocycles. The summed E-state index contributed by atoms with van der Waals surface area (Å²) in [6.45, 7) is -0.613. The highest BCUT2D eigenvalue weighted by atomic mass is 35.5. The average Bonchev–Trinajstić information content (AvgIpc) is 3.69. The van der Waals surface area contributed by atoms with Gasteiger partial charge in [-0.2, -0.15) is 23.5 Å². The Morgan fingerprint density at radius 3 is 2.43 bits per heavy atom. The molecule has 1 unspecified atom stereocenters. The molecule has 2 saturated carbocycles. The monoisotopic (exact) mass is 556 g/mol. The van der Waals surface area contributed by atoms with E-state index in [2.05, 4.69) is 15.4 Å². The number of nitriles is 1. The van der Waals surface area contributed by atoms with E-state index in [9.17, 15) is 36.4 Å². The Bertz CT molecular complexity index is 1410. The van der Waals surface area contributed by atoms with Crippen LogP contribution >= 0.6 is 11.6 Å². The van der Waals surface area contributed by atoms with Gasteiger partial charge in [-0.05, 0) is 50.3 Å². The minimum absolute atomic E-state index is 0.158. The fraction of sp³-hybridized carbons (Fsp3) is 0.500. The molecule has 2 amide bonds. The van der Waals surface area contributed by atoms with Crippen molar-refractivity contribution in [1.82, 2.24) is 25.0 Å². The SMILES string of the molecule is N#CC1(NC(=O)[C@@H]2CC(S(=O)(=O)c3ccc(-n4cncn4)cc3Cl)CN2C(=O)C2(C(F)(F)F)CC2)CC1. The topological polar surface area (TPSA) is 138 Å². The minimum atomic E-state index is -4.84. The maximum atomic E-state index is 13.7. The maximum Gasteiger partial charge on any atom is 0.403 e. The van der Waals surface area contributed by atoms with Crippen molar-refractivity contribution >= 4 is 33.3 Å². The first-order valence-corrected chi connectivity index (χ1v) is 13.3. The number of hydrogen-bond acceptors (Lipinski definition) is 7. The molecule has 0 spiro atoms. The molecule has 3 aliphatic rings. The van der Waals surface area contributed by atoms with Gasteiger partial charge in [0.25, 0.3) is 0 Å². The van der Waals surface area contributed by atoms with Crippen LogP contribution < -0.4 is 5.32 Å². The Balaban J connectivity index is 1.46. The Morgan fingerprint density at radius 2 is 1.92 bits per heavy atom. The Morgan fingerprint density at radius 1 is 1.22 bits per heavy atom. The first-order valence-electron chi connectivity index (χ1n) is 11.3. The van der Waals surface area contributed by atoms with Gasteiger partial charge in [0.05, 0.1) is 26.9 Å². The van der Waals surface area contributed by atoms with Gasteiger partial charge in [-0.1, -0.05) is 11.6 Å². The molecule has 5 rings (SSSR count). The first kappa shape index (κ1) is 25.5. The molecule has 2 heterocycles. The van der Waals surface area contributed by atoms with Crippen molar-refractivity contribution in [3.05, 3.63) is 35.9 Å². The van der Waals surface area contributed by atoms with Gasteiger partial charge in [-0.3, -0.25) is 9.59 Å². The lowest BCUT2D eigenvalue weighted by molar-refractivity contribution is -0.199. The summed E-state index contributed by atoms with van der Waals surface area (Å²) in [5.74, 6) is -2.18. The zero-order valence-electron chi connectivity index (χ0n) is 19.1. The lowest BCUT2D eigenvalue weighted by atomic mass is 10.0. The largest absolute Gasteiger partial charge is 0.403 e. The predicted octanol–water partition coefficient (Wildman–Crippen LogP) is 2.18. The number of amides is 2. The van der Waals surface area contributed by atoms with Gasteiger partial charge < -0.3 is 10.2 Å². The number of carbonyl (C=O) groups excluding carboxylic acids is 2. The Hall–Kier alpha value is -3.18. The van der Waals surface area contributed by atoms with Crippen LogP contribution in [0.5, 0.6) is 0 Å². The number of aromatic nitrogens is 3. The lowest BCUT2D eigenvalue weighted by Gasteiger charge is -2.29. The summed E-state index contributed by atoms with van der Waals surface area (Å²) in [5.41, 5.74) is -3.35. The van der Waals surface area contributed by atoms with Crippen molar-refractivity contribution in [1.29, 1.82) is 5.26 Å². The first-order chi connectivity index (χ1) is 17.3. The van der Waals surface area contributed by atoms with Gasteiger partial charge in [-0.25, -0.2) is 18.1 Å². The van der Waals surface area contributed by atoms with Gasteiger partial charge in [0.15, 0.2) is 9.84 Å². The van der Waals surface area contributed by atoms with Gasteiger partial charge in [-0.15, -0.1) is 0 Å². The van der Waals surface area contributed by atoms with Crippen LogP contribution in [-0.2, 0) is 19.4 Å². The number of alkyl halides is 3. The second-order valence-corrected chi connectivity index (χ2v) is 12.2. The molecular weight excluding hydrogens is 537 g/mol.